The zero-order valence-corrected chi connectivity index (χ0v) is 12.6. The molecular formula is C15H20BrN. The molecule has 0 fully saturated rings. The molecule has 2 heteroatoms. The first-order valence-electron chi connectivity index (χ1n) is 5.85. The molecule has 1 nitrogen and oxygen atoms in total. The molecule has 0 aliphatic heterocycles. The number of halogens is 1. The molecule has 0 saturated heterocycles. The highest BCUT2D eigenvalue weighted by molar-refractivity contribution is 9.10. The van der Waals surface area contributed by atoms with Gasteiger partial charge in [-0.05, 0) is 45.5 Å². The van der Waals surface area contributed by atoms with E-state index in [2.05, 4.69) is 78.1 Å². The van der Waals surface area contributed by atoms with E-state index >= 15 is 0 Å². The maximum Gasteiger partial charge on any atom is 0.0428 e. The van der Waals surface area contributed by atoms with Gasteiger partial charge in [0.05, 0.1) is 0 Å². The van der Waals surface area contributed by atoms with Crippen LogP contribution in [0.5, 0.6) is 0 Å². The van der Waals surface area contributed by atoms with Gasteiger partial charge in [-0.2, -0.15) is 0 Å². The fourth-order valence-corrected chi connectivity index (χ4v) is 1.76. The van der Waals surface area contributed by atoms with Crippen molar-refractivity contribution in [2.75, 3.05) is 7.05 Å². The summed E-state index contributed by atoms with van der Waals surface area (Å²) in [6, 6.07) is 8.69. The van der Waals surface area contributed by atoms with Crippen molar-refractivity contribution < 1.29 is 0 Å². The summed E-state index contributed by atoms with van der Waals surface area (Å²) in [7, 11) is 1.98. The Kier molecular flexibility index (Phi) is 5.24. The molecule has 1 atom stereocenters. The molecule has 0 radical (unpaired) electrons. The van der Waals surface area contributed by atoms with Gasteiger partial charge in [0.25, 0.3) is 0 Å². The van der Waals surface area contributed by atoms with Crippen LogP contribution in [0.25, 0.3) is 0 Å². The average Bonchev–Trinajstić information content (AvgIpc) is 2.24. The Hall–Kier alpha value is -0.780. The zero-order valence-electron chi connectivity index (χ0n) is 11.0. The molecule has 0 amide bonds. The molecule has 1 unspecified atom stereocenters. The third-order valence-corrected chi connectivity index (χ3v) is 2.92. The van der Waals surface area contributed by atoms with Crippen molar-refractivity contribution in [1.82, 2.24) is 5.32 Å². The summed E-state index contributed by atoms with van der Waals surface area (Å²) in [6.45, 7) is 6.40. The van der Waals surface area contributed by atoms with Gasteiger partial charge in [-0.25, -0.2) is 0 Å². The van der Waals surface area contributed by atoms with Gasteiger partial charge >= 0.3 is 0 Å². The summed E-state index contributed by atoms with van der Waals surface area (Å²) in [5.41, 5.74) is 1.36. The number of hydrogen-bond acceptors (Lipinski definition) is 1. The summed E-state index contributed by atoms with van der Waals surface area (Å²) in [4.78, 5) is 0. The maximum atomic E-state index is 3.45. The Morgan fingerprint density at radius 3 is 2.29 bits per heavy atom. The van der Waals surface area contributed by atoms with E-state index in [4.69, 9.17) is 0 Å². The number of benzene rings is 1. The zero-order chi connectivity index (χ0) is 12.9. The van der Waals surface area contributed by atoms with E-state index in [1.165, 1.54) is 5.56 Å². The lowest BCUT2D eigenvalue weighted by atomic mass is 9.97. The van der Waals surface area contributed by atoms with Gasteiger partial charge in [-0.3, -0.25) is 0 Å². The SMILES string of the molecule is CNC(CC#CC(C)(C)C)c1ccc(Br)cc1. The monoisotopic (exact) mass is 293 g/mol. The predicted molar refractivity (Wildman–Crippen MR) is 77.8 cm³/mol. The van der Waals surface area contributed by atoms with Crippen LogP contribution in [0.1, 0.15) is 38.8 Å². The molecule has 17 heavy (non-hydrogen) atoms. The van der Waals surface area contributed by atoms with Crippen LogP contribution in [0, 0.1) is 17.3 Å². The van der Waals surface area contributed by atoms with E-state index in [0.29, 0.717) is 6.04 Å². The van der Waals surface area contributed by atoms with Gasteiger partial charge in [0.15, 0.2) is 0 Å². The van der Waals surface area contributed by atoms with Crippen molar-refractivity contribution >= 4 is 15.9 Å². The number of nitrogens with one attached hydrogen (secondary N) is 1. The minimum atomic E-state index is 0.0814. The van der Waals surface area contributed by atoms with Crippen molar-refractivity contribution in [2.45, 2.75) is 33.2 Å². The fourth-order valence-electron chi connectivity index (χ4n) is 1.50. The summed E-state index contributed by atoms with van der Waals surface area (Å²) in [5.74, 6) is 6.53. The van der Waals surface area contributed by atoms with E-state index in [1.807, 2.05) is 7.05 Å². The molecule has 0 bridgehead atoms. The number of hydrogen-bond donors (Lipinski definition) is 1. The normalized spacial score (nSPS) is 12.8. The average molecular weight is 294 g/mol. The Labute approximate surface area is 113 Å². The fraction of sp³-hybridized carbons (Fsp3) is 0.467. The van der Waals surface area contributed by atoms with E-state index in [9.17, 15) is 0 Å². The van der Waals surface area contributed by atoms with Crippen molar-refractivity contribution in [3.8, 4) is 11.8 Å². The van der Waals surface area contributed by atoms with E-state index in [1.54, 1.807) is 0 Å². The lowest BCUT2D eigenvalue weighted by molar-refractivity contribution is 0.566. The molecule has 0 aliphatic rings. The van der Waals surface area contributed by atoms with Gasteiger partial charge in [-0.1, -0.05) is 34.0 Å². The second-order valence-electron chi connectivity index (χ2n) is 5.15. The van der Waals surface area contributed by atoms with Gasteiger partial charge in [0, 0.05) is 22.4 Å². The minimum absolute atomic E-state index is 0.0814. The van der Waals surface area contributed by atoms with Gasteiger partial charge in [-0.15, -0.1) is 5.92 Å². The topological polar surface area (TPSA) is 12.0 Å². The Morgan fingerprint density at radius 1 is 1.24 bits per heavy atom. The standard InChI is InChI=1S/C15H20BrN/c1-15(2,3)11-5-6-14(17-4)12-7-9-13(16)10-8-12/h7-10,14,17H,6H2,1-4H3. The molecule has 0 aliphatic carbocycles. The summed E-state index contributed by atoms with van der Waals surface area (Å²) >= 11 is 3.45. The summed E-state index contributed by atoms with van der Waals surface area (Å²) in [6.07, 6.45) is 0.843. The molecule has 1 rings (SSSR count). The highest BCUT2D eigenvalue weighted by Crippen LogP contribution is 2.19. The Bertz CT molecular complexity index is 403. The summed E-state index contributed by atoms with van der Waals surface area (Å²) < 4.78 is 1.11. The first-order chi connectivity index (χ1) is 7.92. The van der Waals surface area contributed by atoms with Gasteiger partial charge in [0.1, 0.15) is 0 Å². The molecule has 1 N–H and O–H groups in total. The lowest BCUT2D eigenvalue weighted by Crippen LogP contribution is -2.15. The Balaban J connectivity index is 2.72. The largest absolute Gasteiger partial charge is 0.312 e. The first-order valence-corrected chi connectivity index (χ1v) is 6.64. The van der Waals surface area contributed by atoms with E-state index in [0.717, 1.165) is 10.9 Å². The van der Waals surface area contributed by atoms with Crippen LogP contribution in [0.15, 0.2) is 28.7 Å². The maximum absolute atomic E-state index is 3.45. The Morgan fingerprint density at radius 2 is 1.82 bits per heavy atom. The molecule has 92 valence electrons. The van der Waals surface area contributed by atoms with Crippen molar-refractivity contribution in [2.24, 2.45) is 5.41 Å². The second kappa shape index (κ2) is 6.23. The van der Waals surface area contributed by atoms with Crippen LogP contribution in [0.2, 0.25) is 0 Å². The van der Waals surface area contributed by atoms with Crippen LogP contribution >= 0.6 is 15.9 Å². The minimum Gasteiger partial charge on any atom is -0.312 e. The third kappa shape index (κ3) is 5.39. The second-order valence-corrected chi connectivity index (χ2v) is 6.06. The third-order valence-electron chi connectivity index (χ3n) is 2.39. The van der Waals surface area contributed by atoms with Gasteiger partial charge < -0.3 is 5.32 Å². The lowest BCUT2D eigenvalue weighted by Gasteiger charge is -2.14. The molecule has 0 spiro atoms. The highest BCUT2D eigenvalue weighted by atomic mass is 79.9. The molecule has 0 saturated carbocycles. The van der Waals surface area contributed by atoms with Crippen molar-refractivity contribution in [3.63, 3.8) is 0 Å². The molecule has 1 aromatic rings. The van der Waals surface area contributed by atoms with Crippen molar-refractivity contribution in [3.05, 3.63) is 34.3 Å². The highest BCUT2D eigenvalue weighted by Gasteiger charge is 2.08. The van der Waals surface area contributed by atoms with Crippen LogP contribution in [-0.4, -0.2) is 7.05 Å². The van der Waals surface area contributed by atoms with Crippen LogP contribution < -0.4 is 5.32 Å². The quantitative estimate of drug-likeness (QED) is 0.826. The molecule has 0 heterocycles. The number of rotatable bonds is 3. The first kappa shape index (κ1) is 14.3. The van der Waals surface area contributed by atoms with Crippen molar-refractivity contribution in [1.29, 1.82) is 0 Å². The summed E-state index contributed by atoms with van der Waals surface area (Å²) in [5, 5.41) is 3.31. The molecule has 1 aromatic carbocycles. The molecular weight excluding hydrogens is 274 g/mol. The van der Waals surface area contributed by atoms with Crippen LogP contribution in [0.3, 0.4) is 0 Å². The van der Waals surface area contributed by atoms with E-state index < -0.39 is 0 Å². The predicted octanol–water partition coefficient (Wildman–Crippen LogP) is 4.15. The molecule has 0 aromatic heterocycles. The van der Waals surface area contributed by atoms with Crippen LogP contribution in [0.4, 0.5) is 0 Å². The van der Waals surface area contributed by atoms with E-state index in [-0.39, 0.29) is 5.41 Å². The van der Waals surface area contributed by atoms with Crippen LogP contribution in [-0.2, 0) is 0 Å². The van der Waals surface area contributed by atoms with Gasteiger partial charge in [0.2, 0.25) is 0 Å². The smallest absolute Gasteiger partial charge is 0.0428 e.